The standard InChI is InChI=1S/C26H28N4O5S2/c1-16-6-5-11-29-23(16)28-22(27-10-13-33-2)18(24(29)31)15-21-25(32)30(26(36)37-21)12-9-17-7-8-19(34-3)20(14-17)35-4/h5-8,11,14-15,27H,9-10,12-13H2,1-4H3. The Kier molecular flexibility index (Phi) is 8.47. The van der Waals surface area contributed by atoms with Crippen LogP contribution in [-0.4, -0.2) is 65.5 Å². The second-order valence-electron chi connectivity index (χ2n) is 8.26. The predicted molar refractivity (Wildman–Crippen MR) is 150 cm³/mol. The van der Waals surface area contributed by atoms with Crippen LogP contribution < -0.4 is 20.3 Å². The van der Waals surface area contributed by atoms with E-state index in [0.29, 0.717) is 63.9 Å². The Labute approximate surface area is 224 Å². The highest BCUT2D eigenvalue weighted by Gasteiger charge is 2.32. The van der Waals surface area contributed by atoms with Gasteiger partial charge in [0.1, 0.15) is 15.8 Å². The Morgan fingerprint density at radius 2 is 1.92 bits per heavy atom. The minimum absolute atomic E-state index is 0.243. The Hall–Kier alpha value is -3.41. The van der Waals surface area contributed by atoms with Crippen molar-refractivity contribution in [3.8, 4) is 11.5 Å². The van der Waals surface area contributed by atoms with Crippen LogP contribution in [0.25, 0.3) is 11.7 Å². The van der Waals surface area contributed by atoms with E-state index in [1.165, 1.54) is 16.2 Å². The fourth-order valence-electron chi connectivity index (χ4n) is 3.95. The lowest BCUT2D eigenvalue weighted by Crippen LogP contribution is -2.30. The minimum atomic E-state index is -0.274. The molecule has 1 aliphatic heterocycles. The first-order valence-electron chi connectivity index (χ1n) is 11.6. The molecule has 0 saturated carbocycles. The molecule has 2 aromatic heterocycles. The van der Waals surface area contributed by atoms with Crippen molar-refractivity contribution in [1.29, 1.82) is 0 Å². The molecule has 11 heteroatoms. The molecule has 1 N–H and O–H groups in total. The quantitative estimate of drug-likeness (QED) is 0.235. The van der Waals surface area contributed by atoms with Gasteiger partial charge in [-0.1, -0.05) is 36.1 Å². The number of carbonyl (C=O) groups excluding carboxylic acids is 1. The number of hydrogen-bond acceptors (Lipinski definition) is 9. The average Bonchev–Trinajstić information content (AvgIpc) is 3.17. The van der Waals surface area contributed by atoms with Crippen LogP contribution in [-0.2, 0) is 16.0 Å². The number of amides is 1. The molecule has 3 aromatic rings. The molecular formula is C26H28N4O5S2. The minimum Gasteiger partial charge on any atom is -0.493 e. The van der Waals surface area contributed by atoms with Crippen molar-refractivity contribution in [2.24, 2.45) is 0 Å². The number of fused-ring (bicyclic) bond motifs is 1. The molecule has 0 aliphatic carbocycles. The van der Waals surface area contributed by atoms with E-state index in [-0.39, 0.29) is 11.5 Å². The number of pyridine rings is 1. The third kappa shape index (κ3) is 5.63. The van der Waals surface area contributed by atoms with Crippen LogP contribution in [0.5, 0.6) is 11.5 Å². The van der Waals surface area contributed by atoms with Crippen LogP contribution in [0.1, 0.15) is 16.7 Å². The van der Waals surface area contributed by atoms with Gasteiger partial charge >= 0.3 is 0 Å². The molecule has 0 unspecified atom stereocenters. The summed E-state index contributed by atoms with van der Waals surface area (Å²) in [6.07, 6.45) is 3.82. The van der Waals surface area contributed by atoms with Gasteiger partial charge in [0.25, 0.3) is 11.5 Å². The Morgan fingerprint density at radius 3 is 2.65 bits per heavy atom. The number of nitrogens with zero attached hydrogens (tertiary/aromatic N) is 3. The summed E-state index contributed by atoms with van der Waals surface area (Å²) in [7, 11) is 4.77. The normalized spacial score (nSPS) is 14.6. The summed E-state index contributed by atoms with van der Waals surface area (Å²) in [6, 6.07) is 9.33. The number of aryl methyl sites for hydroxylation is 1. The Balaban J connectivity index is 1.62. The van der Waals surface area contributed by atoms with Gasteiger partial charge in [-0.15, -0.1) is 0 Å². The number of rotatable bonds is 10. The smallest absolute Gasteiger partial charge is 0.267 e. The van der Waals surface area contributed by atoms with Crippen molar-refractivity contribution >= 4 is 51.7 Å². The van der Waals surface area contributed by atoms with Gasteiger partial charge in [-0.25, -0.2) is 4.98 Å². The molecule has 0 bridgehead atoms. The molecule has 9 nitrogen and oxygen atoms in total. The van der Waals surface area contributed by atoms with Crippen molar-refractivity contribution in [2.45, 2.75) is 13.3 Å². The van der Waals surface area contributed by atoms with Crippen LogP contribution in [0.2, 0.25) is 0 Å². The topological polar surface area (TPSA) is 94.4 Å². The molecule has 4 rings (SSSR count). The number of ether oxygens (including phenoxy) is 3. The fourth-order valence-corrected chi connectivity index (χ4v) is 5.24. The molecule has 0 spiro atoms. The first-order chi connectivity index (χ1) is 17.9. The van der Waals surface area contributed by atoms with Gasteiger partial charge in [0.05, 0.1) is 31.3 Å². The summed E-state index contributed by atoms with van der Waals surface area (Å²) in [4.78, 5) is 33.3. The Morgan fingerprint density at radius 1 is 1.14 bits per heavy atom. The van der Waals surface area contributed by atoms with E-state index in [9.17, 15) is 9.59 Å². The van der Waals surface area contributed by atoms with Crippen molar-refractivity contribution in [3.63, 3.8) is 0 Å². The van der Waals surface area contributed by atoms with Crippen molar-refractivity contribution in [1.82, 2.24) is 14.3 Å². The molecule has 3 heterocycles. The van der Waals surface area contributed by atoms with E-state index < -0.39 is 0 Å². The number of carbonyl (C=O) groups is 1. The molecule has 194 valence electrons. The molecule has 1 aliphatic rings. The maximum absolute atomic E-state index is 13.4. The number of methoxy groups -OCH3 is 3. The second-order valence-corrected chi connectivity index (χ2v) is 9.93. The van der Waals surface area contributed by atoms with Crippen LogP contribution in [0.3, 0.4) is 0 Å². The van der Waals surface area contributed by atoms with Gasteiger partial charge in [0.15, 0.2) is 11.5 Å². The molecule has 0 atom stereocenters. The van der Waals surface area contributed by atoms with Crippen molar-refractivity contribution < 1.29 is 19.0 Å². The largest absolute Gasteiger partial charge is 0.493 e. The number of thioether (sulfide) groups is 1. The average molecular weight is 541 g/mol. The van der Waals surface area contributed by atoms with E-state index in [4.69, 9.17) is 26.4 Å². The number of benzene rings is 1. The molecule has 1 fully saturated rings. The van der Waals surface area contributed by atoms with Crippen LogP contribution in [0.4, 0.5) is 5.82 Å². The third-order valence-electron chi connectivity index (χ3n) is 5.90. The van der Waals surface area contributed by atoms with Gasteiger partial charge in [-0.3, -0.25) is 18.9 Å². The first kappa shape index (κ1) is 26.6. The zero-order chi connectivity index (χ0) is 26.5. The second kappa shape index (κ2) is 11.8. The first-order valence-corrected chi connectivity index (χ1v) is 12.8. The molecule has 1 amide bonds. The zero-order valence-corrected chi connectivity index (χ0v) is 22.7. The molecule has 0 radical (unpaired) electrons. The summed E-state index contributed by atoms with van der Waals surface area (Å²) >= 11 is 6.69. The van der Waals surface area contributed by atoms with E-state index in [0.717, 1.165) is 11.1 Å². The highest BCUT2D eigenvalue weighted by Crippen LogP contribution is 2.34. The van der Waals surface area contributed by atoms with E-state index in [1.54, 1.807) is 44.6 Å². The third-order valence-corrected chi connectivity index (χ3v) is 7.28. The summed E-state index contributed by atoms with van der Waals surface area (Å²) in [5.41, 5.74) is 2.41. The van der Waals surface area contributed by atoms with Gasteiger partial charge < -0.3 is 19.5 Å². The fraction of sp³-hybridized carbons (Fsp3) is 0.308. The van der Waals surface area contributed by atoms with Crippen molar-refractivity contribution in [3.05, 3.63) is 68.5 Å². The lowest BCUT2D eigenvalue weighted by molar-refractivity contribution is -0.122. The SMILES string of the molecule is COCCNc1nc2c(C)cccn2c(=O)c1C=C1SC(=S)N(CCc2ccc(OC)c(OC)c2)C1=O. The number of aromatic nitrogens is 2. The van der Waals surface area contributed by atoms with Crippen LogP contribution in [0, 0.1) is 6.92 Å². The summed E-state index contributed by atoms with van der Waals surface area (Å²) in [5.74, 6) is 1.41. The summed E-state index contributed by atoms with van der Waals surface area (Å²) < 4.78 is 17.7. The predicted octanol–water partition coefficient (Wildman–Crippen LogP) is 3.52. The number of hydrogen-bond donors (Lipinski definition) is 1. The van der Waals surface area contributed by atoms with Crippen LogP contribution >= 0.6 is 24.0 Å². The molecule has 1 saturated heterocycles. The maximum Gasteiger partial charge on any atom is 0.267 e. The monoisotopic (exact) mass is 540 g/mol. The zero-order valence-electron chi connectivity index (χ0n) is 21.1. The van der Waals surface area contributed by atoms with Gasteiger partial charge in [0.2, 0.25) is 0 Å². The van der Waals surface area contributed by atoms with E-state index in [2.05, 4.69) is 10.3 Å². The molecular weight excluding hydrogens is 512 g/mol. The van der Waals surface area contributed by atoms with Gasteiger partial charge in [-0.05, 0) is 48.7 Å². The lowest BCUT2D eigenvalue weighted by Gasteiger charge is -2.15. The maximum atomic E-state index is 13.4. The summed E-state index contributed by atoms with van der Waals surface area (Å²) in [6.45, 7) is 3.18. The van der Waals surface area contributed by atoms with E-state index >= 15 is 0 Å². The highest BCUT2D eigenvalue weighted by atomic mass is 32.2. The lowest BCUT2D eigenvalue weighted by atomic mass is 10.1. The number of thiocarbonyl (C=S) groups is 1. The molecule has 37 heavy (non-hydrogen) atoms. The van der Waals surface area contributed by atoms with Gasteiger partial charge in [0, 0.05) is 26.4 Å². The molecule has 1 aromatic carbocycles. The number of anilines is 1. The van der Waals surface area contributed by atoms with E-state index in [1.807, 2.05) is 31.2 Å². The number of nitrogens with one attached hydrogen (secondary N) is 1. The van der Waals surface area contributed by atoms with Crippen molar-refractivity contribution in [2.75, 3.05) is 46.3 Å². The van der Waals surface area contributed by atoms with Gasteiger partial charge in [-0.2, -0.15) is 0 Å². The Bertz CT molecular complexity index is 1440. The summed E-state index contributed by atoms with van der Waals surface area (Å²) in [5, 5.41) is 3.17. The van der Waals surface area contributed by atoms with Crippen LogP contribution in [0.15, 0.2) is 46.2 Å². The highest BCUT2D eigenvalue weighted by molar-refractivity contribution is 8.26.